The molecule has 0 aromatic heterocycles. The van der Waals surface area contributed by atoms with E-state index in [0.717, 1.165) is 11.1 Å². The van der Waals surface area contributed by atoms with E-state index in [4.69, 9.17) is 0 Å². The summed E-state index contributed by atoms with van der Waals surface area (Å²) in [6.07, 6.45) is 0.522. The van der Waals surface area contributed by atoms with Crippen LogP contribution in [-0.2, 0) is 17.8 Å². The summed E-state index contributed by atoms with van der Waals surface area (Å²) in [7, 11) is 0. The molecule has 1 amide bonds. The van der Waals surface area contributed by atoms with Crippen molar-refractivity contribution < 1.29 is 9.18 Å². The maximum atomic E-state index is 13.6. The van der Waals surface area contributed by atoms with Crippen molar-refractivity contribution in [3.8, 4) is 0 Å². The van der Waals surface area contributed by atoms with Crippen LogP contribution in [0.3, 0.4) is 0 Å². The molecule has 1 aliphatic rings. The second-order valence-corrected chi connectivity index (χ2v) is 4.88. The molecule has 0 radical (unpaired) electrons. The van der Waals surface area contributed by atoms with Gasteiger partial charge < -0.3 is 10.6 Å². The van der Waals surface area contributed by atoms with E-state index >= 15 is 0 Å². The minimum Gasteiger partial charge on any atom is -0.371 e. The van der Waals surface area contributed by atoms with Crippen molar-refractivity contribution in [3.05, 3.63) is 65.5 Å². The zero-order valence-corrected chi connectivity index (χ0v) is 10.9. The Kier molecular flexibility index (Phi) is 3.37. The SMILES string of the molecule is O=C(NCc1ccccc1)C1Cc2cccc(F)c2N1. The largest absolute Gasteiger partial charge is 0.371 e. The van der Waals surface area contributed by atoms with Crippen LogP contribution in [-0.4, -0.2) is 11.9 Å². The fourth-order valence-corrected chi connectivity index (χ4v) is 2.41. The lowest BCUT2D eigenvalue weighted by Crippen LogP contribution is -2.38. The summed E-state index contributed by atoms with van der Waals surface area (Å²) in [5.41, 5.74) is 2.35. The highest BCUT2D eigenvalue weighted by Crippen LogP contribution is 2.28. The first kappa shape index (κ1) is 12.7. The summed E-state index contributed by atoms with van der Waals surface area (Å²) in [5, 5.41) is 5.82. The third-order valence-corrected chi connectivity index (χ3v) is 3.47. The van der Waals surface area contributed by atoms with Gasteiger partial charge in [-0.2, -0.15) is 0 Å². The Bertz CT molecular complexity index is 628. The molecule has 0 fully saturated rings. The Labute approximate surface area is 116 Å². The van der Waals surface area contributed by atoms with Crippen LogP contribution in [0.5, 0.6) is 0 Å². The second-order valence-electron chi connectivity index (χ2n) is 4.88. The molecule has 0 saturated heterocycles. The van der Waals surface area contributed by atoms with E-state index in [0.29, 0.717) is 18.7 Å². The van der Waals surface area contributed by atoms with Crippen LogP contribution in [0.1, 0.15) is 11.1 Å². The highest BCUT2D eigenvalue weighted by atomic mass is 19.1. The second kappa shape index (κ2) is 5.33. The number of fused-ring (bicyclic) bond motifs is 1. The maximum Gasteiger partial charge on any atom is 0.243 e. The van der Waals surface area contributed by atoms with E-state index in [2.05, 4.69) is 10.6 Å². The zero-order chi connectivity index (χ0) is 13.9. The summed E-state index contributed by atoms with van der Waals surface area (Å²) >= 11 is 0. The van der Waals surface area contributed by atoms with Gasteiger partial charge in [-0.3, -0.25) is 4.79 Å². The number of halogens is 1. The van der Waals surface area contributed by atoms with Gasteiger partial charge in [-0.25, -0.2) is 4.39 Å². The predicted octanol–water partition coefficient (Wildman–Crippen LogP) is 2.48. The quantitative estimate of drug-likeness (QED) is 0.899. The highest BCUT2D eigenvalue weighted by Gasteiger charge is 2.28. The molecular weight excluding hydrogens is 255 g/mol. The number of carbonyl (C=O) groups is 1. The number of hydrogen-bond acceptors (Lipinski definition) is 2. The fraction of sp³-hybridized carbons (Fsp3) is 0.188. The first-order valence-electron chi connectivity index (χ1n) is 6.59. The molecule has 20 heavy (non-hydrogen) atoms. The molecule has 1 atom stereocenters. The average molecular weight is 270 g/mol. The molecule has 2 aromatic rings. The van der Waals surface area contributed by atoms with Crippen LogP contribution in [0.4, 0.5) is 10.1 Å². The molecule has 0 spiro atoms. The van der Waals surface area contributed by atoms with E-state index in [-0.39, 0.29) is 11.7 Å². The molecule has 1 unspecified atom stereocenters. The Balaban J connectivity index is 1.62. The van der Waals surface area contributed by atoms with Gasteiger partial charge in [0, 0.05) is 13.0 Å². The summed E-state index contributed by atoms with van der Waals surface area (Å²) in [5.74, 6) is -0.412. The zero-order valence-electron chi connectivity index (χ0n) is 10.9. The van der Waals surface area contributed by atoms with E-state index in [1.54, 1.807) is 6.07 Å². The standard InChI is InChI=1S/C16H15FN2O/c17-13-8-4-7-12-9-14(19-15(12)13)16(20)18-10-11-5-2-1-3-6-11/h1-8,14,19H,9-10H2,(H,18,20). The summed E-state index contributed by atoms with van der Waals surface area (Å²) < 4.78 is 13.6. The van der Waals surface area contributed by atoms with Crippen LogP contribution in [0, 0.1) is 5.82 Å². The Morgan fingerprint density at radius 2 is 2.00 bits per heavy atom. The molecule has 4 heteroatoms. The monoisotopic (exact) mass is 270 g/mol. The van der Waals surface area contributed by atoms with Crippen molar-refractivity contribution >= 4 is 11.6 Å². The molecule has 102 valence electrons. The minimum atomic E-state index is -0.398. The van der Waals surface area contributed by atoms with Gasteiger partial charge in [-0.15, -0.1) is 0 Å². The molecule has 3 rings (SSSR count). The summed E-state index contributed by atoms with van der Waals surface area (Å²) in [6.45, 7) is 0.483. The molecule has 2 N–H and O–H groups in total. The van der Waals surface area contributed by atoms with Crippen LogP contribution < -0.4 is 10.6 Å². The molecule has 1 heterocycles. The lowest BCUT2D eigenvalue weighted by atomic mass is 10.1. The number of anilines is 1. The highest BCUT2D eigenvalue weighted by molar-refractivity contribution is 5.87. The molecule has 0 saturated carbocycles. The van der Waals surface area contributed by atoms with Gasteiger partial charge in [0.2, 0.25) is 5.91 Å². The summed E-state index contributed by atoms with van der Waals surface area (Å²) in [6, 6.07) is 14.2. The number of nitrogens with one attached hydrogen (secondary N) is 2. The number of rotatable bonds is 3. The topological polar surface area (TPSA) is 41.1 Å². The maximum absolute atomic E-state index is 13.6. The van der Waals surface area contributed by atoms with Crippen molar-refractivity contribution in [1.29, 1.82) is 0 Å². The van der Waals surface area contributed by atoms with Crippen LogP contribution >= 0.6 is 0 Å². The number of para-hydroxylation sites is 1. The number of benzene rings is 2. The van der Waals surface area contributed by atoms with Gasteiger partial charge in [-0.1, -0.05) is 42.5 Å². The van der Waals surface area contributed by atoms with Gasteiger partial charge in [0.15, 0.2) is 0 Å². The normalized spacial score (nSPS) is 16.4. The lowest BCUT2D eigenvalue weighted by Gasteiger charge is -2.12. The van der Waals surface area contributed by atoms with Gasteiger partial charge in [0.1, 0.15) is 11.9 Å². The average Bonchev–Trinajstić information content (AvgIpc) is 2.91. The van der Waals surface area contributed by atoms with E-state index in [9.17, 15) is 9.18 Å². The third kappa shape index (κ3) is 2.50. The van der Waals surface area contributed by atoms with Crippen molar-refractivity contribution in [2.24, 2.45) is 0 Å². The Hall–Kier alpha value is -2.36. The van der Waals surface area contributed by atoms with Crippen molar-refractivity contribution in [3.63, 3.8) is 0 Å². The third-order valence-electron chi connectivity index (χ3n) is 3.47. The lowest BCUT2D eigenvalue weighted by molar-refractivity contribution is -0.121. The summed E-state index contributed by atoms with van der Waals surface area (Å²) in [4.78, 5) is 12.1. The molecular formula is C16H15FN2O. The number of amides is 1. The Morgan fingerprint density at radius 3 is 2.75 bits per heavy atom. The predicted molar refractivity (Wildman–Crippen MR) is 75.8 cm³/mol. The number of hydrogen-bond donors (Lipinski definition) is 2. The molecule has 0 aliphatic carbocycles. The van der Waals surface area contributed by atoms with E-state index in [1.165, 1.54) is 6.07 Å². The number of carbonyl (C=O) groups excluding carboxylic acids is 1. The molecule has 2 aromatic carbocycles. The van der Waals surface area contributed by atoms with Crippen LogP contribution in [0.2, 0.25) is 0 Å². The molecule has 3 nitrogen and oxygen atoms in total. The van der Waals surface area contributed by atoms with E-state index < -0.39 is 6.04 Å². The van der Waals surface area contributed by atoms with Gasteiger partial charge >= 0.3 is 0 Å². The van der Waals surface area contributed by atoms with Gasteiger partial charge in [0.25, 0.3) is 0 Å². The first-order chi connectivity index (χ1) is 9.74. The van der Waals surface area contributed by atoms with Gasteiger partial charge in [0.05, 0.1) is 5.69 Å². The van der Waals surface area contributed by atoms with Gasteiger partial charge in [-0.05, 0) is 17.2 Å². The molecule has 1 aliphatic heterocycles. The smallest absolute Gasteiger partial charge is 0.243 e. The van der Waals surface area contributed by atoms with Crippen molar-refractivity contribution in [2.75, 3.05) is 5.32 Å². The van der Waals surface area contributed by atoms with Crippen LogP contribution in [0.15, 0.2) is 48.5 Å². The fourth-order valence-electron chi connectivity index (χ4n) is 2.41. The molecule has 0 bridgehead atoms. The Morgan fingerprint density at radius 1 is 1.20 bits per heavy atom. The first-order valence-corrected chi connectivity index (χ1v) is 6.59. The van der Waals surface area contributed by atoms with E-state index in [1.807, 2.05) is 36.4 Å². The minimum absolute atomic E-state index is 0.107. The van der Waals surface area contributed by atoms with Crippen molar-refractivity contribution in [2.45, 2.75) is 19.0 Å². The van der Waals surface area contributed by atoms with Crippen LogP contribution in [0.25, 0.3) is 0 Å². The van der Waals surface area contributed by atoms with Crippen molar-refractivity contribution in [1.82, 2.24) is 5.32 Å².